The van der Waals surface area contributed by atoms with Gasteiger partial charge < -0.3 is 19.3 Å². The maximum absolute atomic E-state index is 11.9. The van der Waals surface area contributed by atoms with Gasteiger partial charge in [-0.1, -0.05) is 40.2 Å². The van der Waals surface area contributed by atoms with E-state index in [1.807, 2.05) is 24.3 Å². The largest absolute Gasteiger partial charge is 0.481 e. The predicted octanol–water partition coefficient (Wildman–Crippen LogP) is 4.41. The summed E-state index contributed by atoms with van der Waals surface area (Å²) in [6.45, 7) is 0. The van der Waals surface area contributed by atoms with Crippen LogP contribution in [0.5, 0.6) is 23.5 Å². The van der Waals surface area contributed by atoms with Crippen molar-refractivity contribution in [2.75, 3.05) is 14.2 Å². The van der Waals surface area contributed by atoms with Gasteiger partial charge in [-0.15, -0.1) is 0 Å². The van der Waals surface area contributed by atoms with Crippen LogP contribution < -0.4 is 14.2 Å². The Morgan fingerprint density at radius 3 is 2.19 bits per heavy atom. The lowest BCUT2D eigenvalue weighted by molar-refractivity contribution is 0.0695. The summed E-state index contributed by atoms with van der Waals surface area (Å²) in [5.41, 5.74) is 1.26. The Labute approximate surface area is 163 Å². The van der Waals surface area contributed by atoms with Crippen LogP contribution in [-0.4, -0.2) is 35.3 Å². The van der Waals surface area contributed by atoms with Gasteiger partial charge in [0.25, 0.3) is 0 Å². The van der Waals surface area contributed by atoms with E-state index in [9.17, 15) is 9.90 Å². The number of carbonyl (C=O) groups is 1. The average molecular weight is 431 g/mol. The van der Waals surface area contributed by atoms with E-state index >= 15 is 0 Å². The fraction of sp³-hybridized carbons (Fsp3) is 0.105. The van der Waals surface area contributed by atoms with Gasteiger partial charge in [-0.2, -0.15) is 9.97 Å². The molecule has 1 heterocycles. The number of halogens is 1. The molecule has 0 fully saturated rings. The van der Waals surface area contributed by atoms with Crippen LogP contribution in [-0.2, 0) is 0 Å². The molecule has 138 valence electrons. The first-order chi connectivity index (χ1) is 13.0. The SMILES string of the molecule is COc1cc(OC)nc(Oc2cccc(-c3ccc(Br)cc3)c2C(=O)O)n1. The van der Waals surface area contributed by atoms with Crippen molar-refractivity contribution >= 4 is 21.9 Å². The summed E-state index contributed by atoms with van der Waals surface area (Å²) in [6.07, 6.45) is 0. The zero-order valence-corrected chi connectivity index (χ0v) is 16.1. The molecule has 0 bridgehead atoms. The summed E-state index contributed by atoms with van der Waals surface area (Å²) >= 11 is 3.37. The van der Waals surface area contributed by atoms with Crippen molar-refractivity contribution in [2.24, 2.45) is 0 Å². The van der Waals surface area contributed by atoms with E-state index in [1.54, 1.807) is 18.2 Å². The maximum atomic E-state index is 11.9. The van der Waals surface area contributed by atoms with E-state index in [2.05, 4.69) is 25.9 Å². The van der Waals surface area contributed by atoms with Crippen LogP contribution in [0.2, 0.25) is 0 Å². The number of nitrogens with zero attached hydrogens (tertiary/aromatic N) is 2. The number of hydrogen-bond acceptors (Lipinski definition) is 6. The summed E-state index contributed by atoms with van der Waals surface area (Å²) in [5.74, 6) is -0.549. The molecule has 1 aromatic heterocycles. The normalized spacial score (nSPS) is 10.3. The van der Waals surface area contributed by atoms with Gasteiger partial charge in [-0.25, -0.2) is 4.79 Å². The number of aromatic nitrogens is 2. The van der Waals surface area contributed by atoms with Crippen molar-refractivity contribution in [3.63, 3.8) is 0 Å². The molecule has 0 amide bonds. The van der Waals surface area contributed by atoms with Gasteiger partial charge in [0, 0.05) is 4.47 Å². The smallest absolute Gasteiger partial charge is 0.340 e. The molecule has 0 unspecified atom stereocenters. The highest BCUT2D eigenvalue weighted by molar-refractivity contribution is 9.10. The van der Waals surface area contributed by atoms with Crippen LogP contribution in [0.1, 0.15) is 10.4 Å². The standard InChI is InChI=1S/C19H15BrN2O5/c1-25-15-10-16(26-2)22-19(21-15)27-14-5-3-4-13(17(14)18(23)24)11-6-8-12(20)9-7-11/h3-10H,1-2H3,(H,23,24). The van der Waals surface area contributed by atoms with Crippen molar-refractivity contribution < 1.29 is 24.1 Å². The Kier molecular flexibility index (Phi) is 5.56. The third-order valence-electron chi connectivity index (χ3n) is 3.67. The molecule has 0 atom stereocenters. The van der Waals surface area contributed by atoms with Crippen LogP contribution in [0.25, 0.3) is 11.1 Å². The summed E-state index contributed by atoms with van der Waals surface area (Å²) < 4.78 is 16.7. The van der Waals surface area contributed by atoms with Gasteiger partial charge in [0.15, 0.2) is 0 Å². The molecule has 3 rings (SSSR count). The highest BCUT2D eigenvalue weighted by atomic mass is 79.9. The molecule has 0 saturated heterocycles. The molecule has 0 spiro atoms. The fourth-order valence-corrected chi connectivity index (χ4v) is 2.71. The predicted molar refractivity (Wildman–Crippen MR) is 102 cm³/mol. The molecular weight excluding hydrogens is 416 g/mol. The maximum Gasteiger partial charge on any atom is 0.340 e. The number of methoxy groups -OCH3 is 2. The number of carboxylic acids is 1. The van der Waals surface area contributed by atoms with Gasteiger partial charge in [0.05, 0.1) is 20.3 Å². The van der Waals surface area contributed by atoms with Gasteiger partial charge >= 0.3 is 12.0 Å². The van der Waals surface area contributed by atoms with Crippen LogP contribution >= 0.6 is 15.9 Å². The Bertz CT molecular complexity index is 954. The minimum atomic E-state index is -1.13. The van der Waals surface area contributed by atoms with Crippen LogP contribution in [0, 0.1) is 0 Å². The third-order valence-corrected chi connectivity index (χ3v) is 4.20. The average Bonchev–Trinajstić information content (AvgIpc) is 2.67. The van der Waals surface area contributed by atoms with Crippen molar-refractivity contribution in [1.29, 1.82) is 0 Å². The molecule has 0 aliphatic rings. The van der Waals surface area contributed by atoms with E-state index < -0.39 is 5.97 Å². The Balaban J connectivity index is 2.07. The van der Waals surface area contributed by atoms with E-state index in [0.29, 0.717) is 5.56 Å². The minimum Gasteiger partial charge on any atom is -0.481 e. The van der Waals surface area contributed by atoms with Gasteiger partial charge in [0.2, 0.25) is 11.8 Å². The lowest BCUT2D eigenvalue weighted by Gasteiger charge is -2.13. The number of carboxylic acid groups (broad SMARTS) is 1. The number of benzene rings is 2. The number of rotatable bonds is 6. The van der Waals surface area contributed by atoms with Crippen molar-refractivity contribution in [3.05, 3.63) is 58.6 Å². The molecule has 8 heteroatoms. The zero-order chi connectivity index (χ0) is 19.4. The van der Waals surface area contributed by atoms with Crippen molar-refractivity contribution in [1.82, 2.24) is 9.97 Å². The molecule has 3 aromatic rings. The molecule has 0 saturated carbocycles. The topological polar surface area (TPSA) is 90.8 Å². The molecule has 0 aliphatic carbocycles. The third kappa shape index (κ3) is 4.17. The summed E-state index contributed by atoms with van der Waals surface area (Å²) in [4.78, 5) is 20.1. The number of hydrogen-bond donors (Lipinski definition) is 1. The van der Waals surface area contributed by atoms with E-state index in [4.69, 9.17) is 14.2 Å². The summed E-state index contributed by atoms with van der Waals surface area (Å²) in [6, 6.07) is 13.7. The lowest BCUT2D eigenvalue weighted by Crippen LogP contribution is -2.05. The second kappa shape index (κ2) is 8.05. The zero-order valence-electron chi connectivity index (χ0n) is 14.5. The van der Waals surface area contributed by atoms with Gasteiger partial charge in [0.1, 0.15) is 11.3 Å². The van der Waals surface area contributed by atoms with Crippen LogP contribution in [0.4, 0.5) is 0 Å². The lowest BCUT2D eigenvalue weighted by atomic mass is 9.99. The summed E-state index contributed by atoms with van der Waals surface area (Å²) in [7, 11) is 2.89. The Morgan fingerprint density at radius 1 is 1.00 bits per heavy atom. The monoisotopic (exact) mass is 430 g/mol. The molecule has 1 N–H and O–H groups in total. The highest BCUT2D eigenvalue weighted by Gasteiger charge is 2.20. The second-order valence-corrected chi connectivity index (χ2v) is 6.24. The van der Waals surface area contributed by atoms with Crippen LogP contribution in [0.3, 0.4) is 0 Å². The molecule has 2 aromatic carbocycles. The van der Waals surface area contributed by atoms with E-state index in [1.165, 1.54) is 20.3 Å². The fourth-order valence-electron chi connectivity index (χ4n) is 2.44. The van der Waals surface area contributed by atoms with Gasteiger partial charge in [-0.3, -0.25) is 0 Å². The quantitative estimate of drug-likeness (QED) is 0.618. The van der Waals surface area contributed by atoms with Crippen LogP contribution in [0.15, 0.2) is 53.0 Å². The molecule has 0 aliphatic heterocycles. The first-order valence-corrected chi connectivity index (χ1v) is 8.58. The first kappa shape index (κ1) is 18.7. The van der Waals surface area contributed by atoms with Gasteiger partial charge in [-0.05, 0) is 29.3 Å². The number of ether oxygens (including phenoxy) is 3. The first-order valence-electron chi connectivity index (χ1n) is 7.79. The molecule has 7 nitrogen and oxygen atoms in total. The molecule has 27 heavy (non-hydrogen) atoms. The molecule has 0 radical (unpaired) electrons. The number of aromatic carboxylic acids is 1. The van der Waals surface area contributed by atoms with E-state index in [0.717, 1.165) is 10.0 Å². The van der Waals surface area contributed by atoms with E-state index in [-0.39, 0.29) is 29.1 Å². The van der Waals surface area contributed by atoms with Crippen molar-refractivity contribution in [3.8, 4) is 34.6 Å². The second-order valence-electron chi connectivity index (χ2n) is 5.33. The Hall–Kier alpha value is -3.13. The minimum absolute atomic E-state index is 0.00482. The molecular formula is C19H15BrN2O5. The van der Waals surface area contributed by atoms with Crippen molar-refractivity contribution in [2.45, 2.75) is 0 Å². The Morgan fingerprint density at radius 2 is 1.63 bits per heavy atom. The highest BCUT2D eigenvalue weighted by Crippen LogP contribution is 2.34. The summed E-state index contributed by atoms with van der Waals surface area (Å²) in [5, 5.41) is 9.76.